The topological polar surface area (TPSA) is 70.9 Å². The number of benzene rings is 2. The maximum Gasteiger partial charge on any atom is 0.264 e. The summed E-state index contributed by atoms with van der Waals surface area (Å²) in [5.74, 6) is 1.98. The lowest BCUT2D eigenvalue weighted by molar-refractivity contribution is -0.132. The third-order valence-electron chi connectivity index (χ3n) is 7.76. The molecule has 0 saturated carbocycles. The van der Waals surface area contributed by atoms with E-state index in [-0.39, 0.29) is 18.4 Å². The third-order valence-corrected chi connectivity index (χ3v) is 7.76. The highest BCUT2D eigenvalue weighted by Crippen LogP contribution is 2.28. The van der Waals surface area contributed by atoms with Crippen LogP contribution in [0, 0.1) is 6.92 Å². The highest BCUT2D eigenvalue weighted by Gasteiger charge is 2.26. The first-order valence-corrected chi connectivity index (χ1v) is 14.8. The molecule has 2 aromatic carbocycles. The maximum absolute atomic E-state index is 13.7. The van der Waals surface area contributed by atoms with Gasteiger partial charge in [-0.1, -0.05) is 50.2 Å². The van der Waals surface area contributed by atoms with Gasteiger partial charge in [0.25, 0.3) is 5.91 Å². The molecule has 3 aromatic rings. The molecule has 0 saturated heterocycles. The summed E-state index contributed by atoms with van der Waals surface area (Å²) >= 11 is 0. The molecule has 0 unspecified atom stereocenters. The highest BCUT2D eigenvalue weighted by molar-refractivity contribution is 5.96. The molecule has 220 valence electrons. The first-order valence-electron chi connectivity index (χ1n) is 14.8. The molecule has 0 N–H and O–H groups in total. The molecule has 0 aliphatic carbocycles. The Kier molecular flexibility index (Phi) is 10.6. The van der Waals surface area contributed by atoms with E-state index >= 15 is 0 Å². The number of aromatic nitrogens is 2. The molecule has 1 aromatic heterocycles. The van der Waals surface area contributed by atoms with E-state index in [2.05, 4.69) is 42.1 Å². The van der Waals surface area contributed by atoms with Crippen LogP contribution in [-0.2, 0) is 22.7 Å². The number of rotatable bonds is 8. The molecular weight excluding hydrogens is 514 g/mol. The van der Waals surface area contributed by atoms with Gasteiger partial charge in [-0.3, -0.25) is 14.5 Å². The van der Waals surface area contributed by atoms with Gasteiger partial charge in [-0.15, -0.1) is 0 Å². The van der Waals surface area contributed by atoms with Gasteiger partial charge in [0, 0.05) is 70.0 Å². The number of hydrogen-bond acceptors (Lipinski definition) is 5. The van der Waals surface area contributed by atoms with Crippen molar-refractivity contribution in [2.24, 2.45) is 0 Å². The Balaban J connectivity index is 1.60. The molecule has 0 fully saturated rings. The highest BCUT2D eigenvalue weighted by atomic mass is 16.5. The van der Waals surface area contributed by atoms with Gasteiger partial charge in [-0.25, -0.2) is 4.98 Å². The minimum Gasteiger partial charge on any atom is -0.484 e. The van der Waals surface area contributed by atoms with E-state index in [0.717, 1.165) is 42.1 Å². The van der Waals surface area contributed by atoms with E-state index in [1.807, 2.05) is 71.5 Å². The fourth-order valence-corrected chi connectivity index (χ4v) is 5.53. The summed E-state index contributed by atoms with van der Waals surface area (Å²) in [6, 6.07) is 15.9. The summed E-state index contributed by atoms with van der Waals surface area (Å²) < 4.78 is 7.95. The molecular formula is C33H45N5O3. The van der Waals surface area contributed by atoms with Gasteiger partial charge in [0.2, 0.25) is 5.91 Å². The first kappa shape index (κ1) is 30.3. The van der Waals surface area contributed by atoms with Crippen LogP contribution in [0.5, 0.6) is 5.75 Å². The molecule has 1 aliphatic rings. The Labute approximate surface area is 244 Å². The van der Waals surface area contributed by atoms with Crippen molar-refractivity contribution in [1.29, 1.82) is 0 Å². The molecule has 0 radical (unpaired) electrons. The number of hydrogen-bond donors (Lipinski definition) is 0. The summed E-state index contributed by atoms with van der Waals surface area (Å²) in [5, 5.41) is 0. The van der Waals surface area contributed by atoms with Gasteiger partial charge in [0.05, 0.1) is 5.69 Å². The summed E-state index contributed by atoms with van der Waals surface area (Å²) in [6.07, 6.45) is 4.98. The van der Waals surface area contributed by atoms with Crippen molar-refractivity contribution in [2.75, 3.05) is 37.7 Å². The predicted octanol–water partition coefficient (Wildman–Crippen LogP) is 5.26. The smallest absolute Gasteiger partial charge is 0.264 e. The van der Waals surface area contributed by atoms with E-state index in [1.165, 1.54) is 0 Å². The molecule has 2 amide bonds. The number of para-hydroxylation sites is 2. The lowest BCUT2D eigenvalue weighted by Crippen LogP contribution is -2.41. The van der Waals surface area contributed by atoms with Crippen LogP contribution >= 0.6 is 0 Å². The monoisotopic (exact) mass is 559 g/mol. The molecule has 4 rings (SSSR count). The van der Waals surface area contributed by atoms with Gasteiger partial charge in [-0.05, 0) is 50.5 Å². The zero-order chi connectivity index (χ0) is 29.4. The van der Waals surface area contributed by atoms with Crippen LogP contribution in [0.25, 0.3) is 0 Å². The summed E-state index contributed by atoms with van der Waals surface area (Å²) in [5.41, 5.74) is 2.89. The zero-order valence-electron chi connectivity index (χ0n) is 25.3. The lowest BCUT2D eigenvalue weighted by atomic mass is 10.0. The quantitative estimate of drug-likeness (QED) is 0.377. The maximum atomic E-state index is 13.7. The van der Waals surface area contributed by atoms with Crippen LogP contribution in [0.3, 0.4) is 0 Å². The number of ether oxygens (including phenoxy) is 1. The number of nitrogens with zero attached hydrogens (tertiary/aromatic N) is 5. The number of imidazole rings is 1. The fourth-order valence-electron chi connectivity index (χ4n) is 5.53. The predicted molar refractivity (Wildman–Crippen MR) is 163 cm³/mol. The van der Waals surface area contributed by atoms with E-state index in [4.69, 9.17) is 4.74 Å². The van der Waals surface area contributed by atoms with Crippen LogP contribution in [0.1, 0.15) is 63.4 Å². The van der Waals surface area contributed by atoms with Gasteiger partial charge in [-0.2, -0.15) is 0 Å². The second kappa shape index (κ2) is 14.3. The van der Waals surface area contributed by atoms with Crippen LogP contribution < -0.4 is 9.64 Å². The number of amides is 2. The second-order valence-corrected chi connectivity index (χ2v) is 11.4. The number of carbonyl (C=O) groups excluding carboxylic acids is 2. The minimum atomic E-state index is -0.0843. The second-order valence-electron chi connectivity index (χ2n) is 11.4. The van der Waals surface area contributed by atoms with Crippen molar-refractivity contribution in [3.63, 3.8) is 0 Å². The van der Waals surface area contributed by atoms with Crippen LogP contribution in [0.15, 0.2) is 60.9 Å². The van der Waals surface area contributed by atoms with E-state index < -0.39 is 0 Å². The molecule has 8 nitrogen and oxygen atoms in total. The third kappa shape index (κ3) is 7.97. The Bertz CT molecular complexity index is 1290. The summed E-state index contributed by atoms with van der Waals surface area (Å²) in [7, 11) is 0. The van der Waals surface area contributed by atoms with Crippen LogP contribution in [-0.4, -0.2) is 70.0 Å². The van der Waals surface area contributed by atoms with E-state index in [0.29, 0.717) is 50.3 Å². The number of carbonyl (C=O) groups is 2. The Morgan fingerprint density at radius 3 is 2.44 bits per heavy atom. The zero-order valence-corrected chi connectivity index (χ0v) is 25.3. The summed E-state index contributed by atoms with van der Waals surface area (Å²) in [6.45, 7) is 14.5. The average molecular weight is 560 g/mol. The van der Waals surface area contributed by atoms with Gasteiger partial charge < -0.3 is 19.1 Å². The average Bonchev–Trinajstić information content (AvgIpc) is 3.42. The summed E-state index contributed by atoms with van der Waals surface area (Å²) in [4.78, 5) is 38.1. The molecule has 2 heterocycles. The molecule has 0 bridgehead atoms. The number of anilines is 1. The van der Waals surface area contributed by atoms with Crippen molar-refractivity contribution in [1.82, 2.24) is 19.4 Å². The van der Waals surface area contributed by atoms with Crippen LogP contribution in [0.4, 0.5) is 5.69 Å². The van der Waals surface area contributed by atoms with Crippen molar-refractivity contribution >= 4 is 17.5 Å². The standard InChI is InChI=1S/C33H45N5O3/c1-25(2)33-34-16-20-36(33)19-15-30(39)37-22-21-35(26(3)4)17-10-18-38(32-27(5)11-9-12-28(32)23-37)31(40)24-41-29-13-7-6-8-14-29/h6-9,11-14,16,20,25-26H,10,15,17-19,21-24H2,1-5H3. The largest absolute Gasteiger partial charge is 0.484 e. The van der Waals surface area contributed by atoms with E-state index in [9.17, 15) is 9.59 Å². The Hall–Kier alpha value is -3.65. The van der Waals surface area contributed by atoms with Crippen molar-refractivity contribution < 1.29 is 14.3 Å². The molecule has 41 heavy (non-hydrogen) atoms. The van der Waals surface area contributed by atoms with Crippen molar-refractivity contribution in [3.05, 3.63) is 77.9 Å². The Morgan fingerprint density at radius 2 is 1.71 bits per heavy atom. The lowest BCUT2D eigenvalue weighted by Gasteiger charge is -2.30. The first-order chi connectivity index (χ1) is 19.7. The molecule has 0 spiro atoms. The van der Waals surface area contributed by atoms with Crippen molar-refractivity contribution in [2.45, 2.75) is 72.5 Å². The molecule has 8 heteroatoms. The normalized spacial score (nSPS) is 15.1. The van der Waals surface area contributed by atoms with Crippen molar-refractivity contribution in [3.8, 4) is 5.75 Å². The number of fused-ring (bicyclic) bond motifs is 1. The van der Waals surface area contributed by atoms with Crippen LogP contribution in [0.2, 0.25) is 0 Å². The SMILES string of the molecule is Cc1cccc2c1N(C(=O)COc1ccccc1)CCCN(C(C)C)CCN(C(=O)CCn1ccnc1C(C)C)C2. The Morgan fingerprint density at radius 1 is 0.927 bits per heavy atom. The molecule has 1 aliphatic heterocycles. The minimum absolute atomic E-state index is 0.0442. The van der Waals surface area contributed by atoms with Gasteiger partial charge in [0.15, 0.2) is 6.61 Å². The van der Waals surface area contributed by atoms with Gasteiger partial charge >= 0.3 is 0 Å². The van der Waals surface area contributed by atoms with Gasteiger partial charge in [0.1, 0.15) is 11.6 Å². The number of aryl methyl sites for hydroxylation is 2. The molecule has 0 atom stereocenters. The fraction of sp³-hybridized carbons (Fsp3) is 0.485. The van der Waals surface area contributed by atoms with E-state index in [1.54, 1.807) is 6.20 Å².